The minimum absolute atomic E-state index is 0.223. The van der Waals surface area contributed by atoms with Crippen molar-refractivity contribution in [3.8, 4) is 0 Å². The van der Waals surface area contributed by atoms with Crippen molar-refractivity contribution in [2.24, 2.45) is 5.92 Å². The van der Waals surface area contributed by atoms with Crippen LogP contribution in [-0.4, -0.2) is 34.0 Å². The number of esters is 1. The van der Waals surface area contributed by atoms with Gasteiger partial charge in [0.25, 0.3) is 0 Å². The molecule has 0 aromatic heterocycles. The normalized spacial score (nSPS) is 50.0. The minimum Gasteiger partial charge on any atom is -0.455 e. The largest absolute Gasteiger partial charge is 0.455 e. The van der Waals surface area contributed by atoms with Crippen LogP contribution in [0.5, 0.6) is 0 Å². The molecule has 1 saturated carbocycles. The second-order valence-electron chi connectivity index (χ2n) is 4.32. The number of ether oxygens (including phenoxy) is 1. The van der Waals surface area contributed by atoms with Gasteiger partial charge in [0, 0.05) is 5.92 Å². The summed E-state index contributed by atoms with van der Waals surface area (Å²) in [4.78, 5) is 11.4. The molecule has 4 atom stereocenters. The molecule has 3 rings (SSSR count). The summed E-state index contributed by atoms with van der Waals surface area (Å²) < 4.78 is 5.08. The van der Waals surface area contributed by atoms with Crippen LogP contribution < -0.4 is 0 Å². The van der Waals surface area contributed by atoms with Gasteiger partial charge in [-0.1, -0.05) is 6.08 Å². The maximum atomic E-state index is 11.4. The van der Waals surface area contributed by atoms with Crippen LogP contribution in [0, 0.1) is 5.92 Å². The van der Waals surface area contributed by atoms with Crippen molar-refractivity contribution in [2.75, 3.05) is 0 Å². The topological polar surface area (TPSA) is 66.8 Å². The fraction of sp³-hybridized carbons (Fsp3) is 0.700. The zero-order valence-electron chi connectivity index (χ0n) is 7.64. The lowest BCUT2D eigenvalue weighted by molar-refractivity contribution is -0.140. The van der Waals surface area contributed by atoms with E-state index in [0.29, 0.717) is 18.4 Å². The summed E-state index contributed by atoms with van der Waals surface area (Å²) in [7, 11) is 0. The van der Waals surface area contributed by atoms with Crippen LogP contribution in [0.3, 0.4) is 0 Å². The highest BCUT2D eigenvalue weighted by molar-refractivity contribution is 5.94. The SMILES string of the molecule is O=C1O[C@@H]2CC[C@@H]3[C@@H](O)CC=C1[C@@]32O. The minimum atomic E-state index is -1.20. The first-order valence-electron chi connectivity index (χ1n) is 4.96. The van der Waals surface area contributed by atoms with Gasteiger partial charge in [-0.15, -0.1) is 0 Å². The summed E-state index contributed by atoms with van der Waals surface area (Å²) in [5, 5.41) is 20.1. The van der Waals surface area contributed by atoms with Crippen LogP contribution in [-0.2, 0) is 9.53 Å². The standard InChI is InChI=1S/C10H12O4/c11-7-3-1-6-9(12)14-8-4-2-5(7)10(6,8)13/h1,5,7-8,11,13H,2-4H2/t5-,7+,8-,10+/m1/s1. The van der Waals surface area contributed by atoms with E-state index >= 15 is 0 Å². The van der Waals surface area contributed by atoms with Crippen LogP contribution in [0.2, 0.25) is 0 Å². The van der Waals surface area contributed by atoms with Crippen molar-refractivity contribution in [1.82, 2.24) is 0 Å². The number of rotatable bonds is 0. The Morgan fingerprint density at radius 3 is 3.07 bits per heavy atom. The van der Waals surface area contributed by atoms with Crippen molar-refractivity contribution in [3.63, 3.8) is 0 Å². The monoisotopic (exact) mass is 196 g/mol. The lowest BCUT2D eigenvalue weighted by atomic mass is 9.75. The van der Waals surface area contributed by atoms with Gasteiger partial charge in [0.05, 0.1) is 11.7 Å². The Hall–Kier alpha value is -0.870. The molecule has 0 spiro atoms. The molecule has 1 heterocycles. The van der Waals surface area contributed by atoms with Crippen molar-refractivity contribution in [3.05, 3.63) is 11.6 Å². The van der Waals surface area contributed by atoms with Crippen LogP contribution in [0.25, 0.3) is 0 Å². The van der Waals surface area contributed by atoms with Crippen LogP contribution in [0.15, 0.2) is 11.6 Å². The van der Waals surface area contributed by atoms with E-state index in [9.17, 15) is 15.0 Å². The molecular weight excluding hydrogens is 184 g/mol. The number of hydrogen-bond acceptors (Lipinski definition) is 4. The molecule has 0 aromatic carbocycles. The highest BCUT2D eigenvalue weighted by atomic mass is 16.6. The highest BCUT2D eigenvalue weighted by Gasteiger charge is 2.63. The summed E-state index contributed by atoms with van der Waals surface area (Å²) >= 11 is 0. The molecule has 0 aromatic rings. The number of aliphatic hydroxyl groups excluding tert-OH is 1. The summed E-state index contributed by atoms with van der Waals surface area (Å²) in [5.41, 5.74) is -0.829. The summed E-state index contributed by atoms with van der Waals surface area (Å²) in [5.74, 6) is -0.631. The molecule has 76 valence electrons. The number of hydrogen-bond donors (Lipinski definition) is 2. The molecule has 1 aliphatic heterocycles. The predicted molar refractivity (Wildman–Crippen MR) is 46.3 cm³/mol. The summed E-state index contributed by atoms with van der Waals surface area (Å²) in [6, 6.07) is 0. The van der Waals surface area contributed by atoms with Crippen molar-refractivity contribution >= 4 is 5.97 Å². The third kappa shape index (κ3) is 0.746. The quantitative estimate of drug-likeness (QED) is 0.524. The van der Waals surface area contributed by atoms with Gasteiger partial charge in [-0.25, -0.2) is 4.79 Å². The Balaban J connectivity index is 2.14. The third-order valence-electron chi connectivity index (χ3n) is 3.72. The maximum absolute atomic E-state index is 11.4. The van der Waals surface area contributed by atoms with Gasteiger partial charge in [-0.3, -0.25) is 0 Å². The van der Waals surface area contributed by atoms with Crippen LogP contribution >= 0.6 is 0 Å². The molecule has 2 aliphatic carbocycles. The molecular formula is C10H12O4. The van der Waals surface area contributed by atoms with Gasteiger partial charge in [0.15, 0.2) is 0 Å². The van der Waals surface area contributed by atoms with Crippen molar-refractivity contribution in [1.29, 1.82) is 0 Å². The van der Waals surface area contributed by atoms with Gasteiger partial charge >= 0.3 is 5.97 Å². The van der Waals surface area contributed by atoms with E-state index in [-0.39, 0.29) is 5.92 Å². The van der Waals surface area contributed by atoms with E-state index < -0.39 is 23.8 Å². The van der Waals surface area contributed by atoms with Gasteiger partial charge in [-0.05, 0) is 19.3 Å². The van der Waals surface area contributed by atoms with Crippen LogP contribution in [0.4, 0.5) is 0 Å². The number of aliphatic hydroxyl groups is 2. The Bertz CT molecular complexity index is 335. The molecule has 0 bridgehead atoms. The Morgan fingerprint density at radius 1 is 1.50 bits per heavy atom. The smallest absolute Gasteiger partial charge is 0.337 e. The first-order valence-corrected chi connectivity index (χ1v) is 4.96. The second-order valence-corrected chi connectivity index (χ2v) is 4.32. The van der Waals surface area contributed by atoms with E-state index in [2.05, 4.69) is 0 Å². The third-order valence-corrected chi connectivity index (χ3v) is 3.72. The number of carbonyl (C=O) groups excluding carboxylic acids is 1. The number of carbonyl (C=O) groups is 1. The van der Waals surface area contributed by atoms with Gasteiger partial charge in [-0.2, -0.15) is 0 Å². The first kappa shape index (κ1) is 8.44. The van der Waals surface area contributed by atoms with E-state index in [0.717, 1.165) is 6.42 Å². The lowest BCUT2D eigenvalue weighted by Gasteiger charge is -2.34. The maximum Gasteiger partial charge on any atom is 0.337 e. The Labute approximate surface area is 81.2 Å². The molecule has 0 amide bonds. The van der Waals surface area contributed by atoms with E-state index in [1.54, 1.807) is 6.08 Å². The second kappa shape index (κ2) is 2.38. The fourth-order valence-electron chi connectivity index (χ4n) is 3.02. The Morgan fingerprint density at radius 2 is 2.29 bits per heavy atom. The zero-order chi connectivity index (χ0) is 9.92. The van der Waals surface area contributed by atoms with E-state index in [4.69, 9.17) is 4.74 Å². The van der Waals surface area contributed by atoms with Crippen molar-refractivity contribution in [2.45, 2.75) is 37.1 Å². The Kier molecular flexibility index (Phi) is 1.43. The molecule has 1 saturated heterocycles. The predicted octanol–water partition coefficient (Wildman–Crippen LogP) is -0.256. The highest BCUT2D eigenvalue weighted by Crippen LogP contribution is 2.51. The lowest BCUT2D eigenvalue weighted by Crippen LogP contribution is -2.48. The fourth-order valence-corrected chi connectivity index (χ4v) is 3.02. The van der Waals surface area contributed by atoms with Gasteiger partial charge in [0.2, 0.25) is 0 Å². The molecule has 4 nitrogen and oxygen atoms in total. The van der Waals surface area contributed by atoms with Gasteiger partial charge in [0.1, 0.15) is 11.7 Å². The molecule has 14 heavy (non-hydrogen) atoms. The van der Waals surface area contributed by atoms with Gasteiger partial charge < -0.3 is 14.9 Å². The molecule has 0 unspecified atom stereocenters. The summed E-state index contributed by atoms with van der Waals surface area (Å²) in [6.45, 7) is 0. The summed E-state index contributed by atoms with van der Waals surface area (Å²) in [6.07, 6.45) is 2.48. The average Bonchev–Trinajstić information content (AvgIpc) is 2.56. The molecule has 2 N–H and O–H groups in total. The van der Waals surface area contributed by atoms with E-state index in [1.165, 1.54) is 0 Å². The molecule has 0 radical (unpaired) electrons. The van der Waals surface area contributed by atoms with Crippen LogP contribution in [0.1, 0.15) is 19.3 Å². The first-order chi connectivity index (χ1) is 6.64. The molecule has 4 heteroatoms. The van der Waals surface area contributed by atoms with E-state index in [1.807, 2.05) is 0 Å². The zero-order valence-corrected chi connectivity index (χ0v) is 7.64. The molecule has 2 fully saturated rings. The average molecular weight is 196 g/mol. The molecule has 3 aliphatic rings. The van der Waals surface area contributed by atoms with Crippen molar-refractivity contribution < 1.29 is 19.7 Å².